The van der Waals surface area contributed by atoms with E-state index in [9.17, 15) is 9.59 Å². The van der Waals surface area contributed by atoms with E-state index in [0.717, 1.165) is 26.1 Å². The van der Waals surface area contributed by atoms with Crippen molar-refractivity contribution < 1.29 is 14.7 Å². The van der Waals surface area contributed by atoms with Crippen LogP contribution in [0.4, 0.5) is 4.79 Å². The quantitative estimate of drug-likeness (QED) is 0.777. The highest BCUT2D eigenvalue weighted by atomic mass is 16.4. The van der Waals surface area contributed by atoms with Gasteiger partial charge in [-0.3, -0.25) is 4.79 Å². The molecule has 20 heavy (non-hydrogen) atoms. The van der Waals surface area contributed by atoms with E-state index < -0.39 is 11.9 Å². The standard InChI is InChI=1S/C14H23N3O3/c18-13(19)11-2-1-5-17(8-11)14(20)15-12-9-16-6-3-10(12)4-7-16/h10-12H,1-9H2,(H,15,20)(H,18,19)/t11-,12?/m1/s1. The molecule has 0 spiro atoms. The molecule has 1 unspecified atom stereocenters. The minimum Gasteiger partial charge on any atom is -0.481 e. The maximum absolute atomic E-state index is 12.3. The topological polar surface area (TPSA) is 72.9 Å². The molecule has 2 N–H and O–H groups in total. The Kier molecular flexibility index (Phi) is 3.83. The van der Waals surface area contributed by atoms with Crippen LogP contribution in [0.2, 0.25) is 0 Å². The van der Waals surface area contributed by atoms with Gasteiger partial charge < -0.3 is 20.2 Å². The van der Waals surface area contributed by atoms with Gasteiger partial charge in [0, 0.05) is 25.7 Å². The number of hydrogen-bond acceptors (Lipinski definition) is 3. The maximum atomic E-state index is 12.3. The predicted octanol–water partition coefficient (Wildman–Crippen LogP) is 0.587. The lowest BCUT2D eigenvalue weighted by atomic mass is 9.84. The third-order valence-electron chi connectivity index (χ3n) is 5.02. The van der Waals surface area contributed by atoms with E-state index in [4.69, 9.17) is 5.11 Å². The van der Waals surface area contributed by atoms with Crippen LogP contribution < -0.4 is 5.32 Å². The van der Waals surface area contributed by atoms with E-state index in [0.29, 0.717) is 25.4 Å². The van der Waals surface area contributed by atoms with Crippen molar-refractivity contribution in [3.8, 4) is 0 Å². The fourth-order valence-corrected chi connectivity index (χ4v) is 3.74. The first kappa shape index (κ1) is 13.7. The number of nitrogens with one attached hydrogen (secondary N) is 1. The summed E-state index contributed by atoms with van der Waals surface area (Å²) in [4.78, 5) is 27.5. The molecule has 0 radical (unpaired) electrons. The van der Waals surface area contributed by atoms with Crippen molar-refractivity contribution in [1.82, 2.24) is 15.1 Å². The molecular formula is C14H23N3O3. The number of urea groups is 1. The summed E-state index contributed by atoms with van der Waals surface area (Å²) in [5, 5.41) is 12.2. The lowest BCUT2D eigenvalue weighted by Gasteiger charge is -2.45. The predicted molar refractivity (Wildman–Crippen MR) is 73.4 cm³/mol. The number of piperidine rings is 4. The van der Waals surface area contributed by atoms with Gasteiger partial charge in [-0.1, -0.05) is 0 Å². The summed E-state index contributed by atoms with van der Waals surface area (Å²) >= 11 is 0. The largest absolute Gasteiger partial charge is 0.481 e. The molecule has 4 fully saturated rings. The third-order valence-corrected chi connectivity index (χ3v) is 5.02. The Morgan fingerprint density at radius 1 is 1.05 bits per heavy atom. The van der Waals surface area contributed by atoms with Crippen LogP contribution in [-0.4, -0.2) is 65.7 Å². The van der Waals surface area contributed by atoms with Gasteiger partial charge in [-0.2, -0.15) is 0 Å². The van der Waals surface area contributed by atoms with Crippen molar-refractivity contribution in [2.24, 2.45) is 11.8 Å². The summed E-state index contributed by atoms with van der Waals surface area (Å²) in [6, 6.07) is 0.171. The summed E-state index contributed by atoms with van der Waals surface area (Å²) in [6.45, 7) is 4.29. The molecule has 6 heteroatoms. The van der Waals surface area contributed by atoms with Gasteiger partial charge in [0.1, 0.15) is 0 Å². The highest BCUT2D eigenvalue weighted by molar-refractivity contribution is 5.76. The van der Waals surface area contributed by atoms with E-state index in [2.05, 4.69) is 10.2 Å². The van der Waals surface area contributed by atoms with Gasteiger partial charge in [0.2, 0.25) is 0 Å². The van der Waals surface area contributed by atoms with E-state index in [1.165, 1.54) is 12.8 Å². The molecule has 0 aliphatic carbocycles. The third kappa shape index (κ3) is 2.75. The van der Waals surface area contributed by atoms with Crippen molar-refractivity contribution in [2.75, 3.05) is 32.7 Å². The number of carboxylic acids is 1. The van der Waals surface area contributed by atoms with Crippen LogP contribution in [0.15, 0.2) is 0 Å². The molecule has 0 aromatic carbocycles. The molecule has 4 heterocycles. The average Bonchev–Trinajstić information content (AvgIpc) is 2.48. The van der Waals surface area contributed by atoms with Gasteiger partial charge in [-0.25, -0.2) is 4.79 Å². The average molecular weight is 281 g/mol. The highest BCUT2D eigenvalue weighted by Gasteiger charge is 2.36. The summed E-state index contributed by atoms with van der Waals surface area (Å²) < 4.78 is 0. The summed E-state index contributed by atoms with van der Waals surface area (Å²) in [6.07, 6.45) is 3.80. The van der Waals surface area contributed by atoms with Crippen LogP contribution in [0.25, 0.3) is 0 Å². The number of likely N-dealkylation sites (tertiary alicyclic amines) is 1. The molecule has 112 valence electrons. The second-order valence-corrected chi connectivity index (χ2v) is 6.32. The van der Waals surface area contributed by atoms with Crippen molar-refractivity contribution in [1.29, 1.82) is 0 Å². The Balaban J connectivity index is 1.55. The zero-order chi connectivity index (χ0) is 14.1. The fourth-order valence-electron chi connectivity index (χ4n) is 3.74. The number of fused-ring (bicyclic) bond motifs is 3. The molecule has 4 aliphatic heterocycles. The van der Waals surface area contributed by atoms with Gasteiger partial charge in [0.15, 0.2) is 0 Å². The van der Waals surface area contributed by atoms with Gasteiger partial charge in [-0.15, -0.1) is 0 Å². The number of aliphatic carboxylic acids is 1. The van der Waals surface area contributed by atoms with Gasteiger partial charge in [0.05, 0.1) is 5.92 Å². The first-order valence-corrected chi connectivity index (χ1v) is 7.64. The highest BCUT2D eigenvalue weighted by Crippen LogP contribution is 2.27. The smallest absolute Gasteiger partial charge is 0.317 e. The van der Waals surface area contributed by atoms with E-state index >= 15 is 0 Å². The molecule has 4 aliphatic rings. The molecule has 6 nitrogen and oxygen atoms in total. The molecule has 4 saturated heterocycles. The Morgan fingerprint density at radius 3 is 2.40 bits per heavy atom. The summed E-state index contributed by atoms with van der Waals surface area (Å²) in [5.74, 6) is -0.588. The number of hydrogen-bond donors (Lipinski definition) is 2. The molecular weight excluding hydrogens is 258 g/mol. The SMILES string of the molecule is O=C(O)[C@@H]1CCCN(C(=O)NC2CN3CCC2CC3)C1. The van der Waals surface area contributed by atoms with Crippen molar-refractivity contribution in [2.45, 2.75) is 31.7 Å². The number of rotatable bonds is 2. The van der Waals surface area contributed by atoms with Crippen LogP contribution >= 0.6 is 0 Å². The first-order chi connectivity index (χ1) is 9.63. The van der Waals surface area contributed by atoms with Crippen molar-refractivity contribution >= 4 is 12.0 Å². The van der Waals surface area contributed by atoms with Crippen LogP contribution in [0.3, 0.4) is 0 Å². The first-order valence-electron chi connectivity index (χ1n) is 7.64. The molecule has 0 aromatic heterocycles. The van der Waals surface area contributed by atoms with Crippen molar-refractivity contribution in [3.63, 3.8) is 0 Å². The zero-order valence-corrected chi connectivity index (χ0v) is 11.8. The molecule has 0 aromatic rings. The van der Waals surface area contributed by atoms with Crippen LogP contribution in [0.5, 0.6) is 0 Å². The van der Waals surface area contributed by atoms with Gasteiger partial charge in [-0.05, 0) is 44.7 Å². The van der Waals surface area contributed by atoms with E-state index in [1.54, 1.807) is 4.90 Å². The van der Waals surface area contributed by atoms with E-state index in [1.807, 2.05) is 0 Å². The van der Waals surface area contributed by atoms with Crippen LogP contribution in [-0.2, 0) is 4.79 Å². The number of amides is 2. The number of carbonyl (C=O) groups is 2. The van der Waals surface area contributed by atoms with Gasteiger partial charge in [0.25, 0.3) is 0 Å². The number of nitrogens with zero attached hydrogens (tertiary/aromatic N) is 2. The summed E-state index contributed by atoms with van der Waals surface area (Å²) in [7, 11) is 0. The molecule has 0 saturated carbocycles. The summed E-state index contributed by atoms with van der Waals surface area (Å²) in [5.41, 5.74) is 0. The monoisotopic (exact) mass is 281 g/mol. The minimum absolute atomic E-state index is 0.0744. The minimum atomic E-state index is -0.787. The van der Waals surface area contributed by atoms with Crippen LogP contribution in [0, 0.1) is 11.8 Å². The Bertz CT molecular complexity index is 393. The fraction of sp³-hybridized carbons (Fsp3) is 0.857. The Labute approximate surface area is 119 Å². The molecule has 2 amide bonds. The van der Waals surface area contributed by atoms with Crippen LogP contribution in [0.1, 0.15) is 25.7 Å². The number of carbonyl (C=O) groups excluding carboxylic acids is 1. The van der Waals surface area contributed by atoms with Crippen molar-refractivity contribution in [3.05, 3.63) is 0 Å². The molecule has 4 rings (SSSR count). The van der Waals surface area contributed by atoms with E-state index in [-0.39, 0.29) is 12.1 Å². The van der Waals surface area contributed by atoms with Gasteiger partial charge >= 0.3 is 12.0 Å². The Morgan fingerprint density at radius 2 is 1.80 bits per heavy atom. The zero-order valence-electron chi connectivity index (χ0n) is 11.8. The molecule has 2 bridgehead atoms. The Hall–Kier alpha value is -1.30. The normalized spacial score (nSPS) is 36.7. The molecule has 2 atom stereocenters. The lowest BCUT2D eigenvalue weighted by molar-refractivity contribution is -0.143. The second kappa shape index (κ2) is 5.60. The lowest BCUT2D eigenvalue weighted by Crippen LogP contribution is -2.59. The second-order valence-electron chi connectivity index (χ2n) is 6.32. The maximum Gasteiger partial charge on any atom is 0.317 e. The number of carboxylic acid groups (broad SMARTS) is 1.